The molecule has 0 spiro atoms. The second-order valence-corrected chi connectivity index (χ2v) is 3.50. The van der Waals surface area contributed by atoms with E-state index in [1.54, 1.807) is 0 Å². The predicted octanol–water partition coefficient (Wildman–Crippen LogP) is 1.82. The van der Waals surface area contributed by atoms with E-state index < -0.39 is 5.97 Å². The molecule has 1 aromatic rings. The number of carbonyl (C=O) groups is 1. The Kier molecular flexibility index (Phi) is 4.79. The monoisotopic (exact) mass is 223 g/mol. The molecule has 0 aliphatic heterocycles. The van der Waals surface area contributed by atoms with E-state index in [9.17, 15) is 4.79 Å². The number of carboxylic acid groups (broad SMARTS) is 1. The van der Waals surface area contributed by atoms with Crippen LogP contribution < -0.4 is 10.1 Å². The molecule has 0 aliphatic carbocycles. The zero-order valence-electron chi connectivity index (χ0n) is 9.56. The third-order valence-corrected chi connectivity index (χ3v) is 2.25. The van der Waals surface area contributed by atoms with Gasteiger partial charge in [-0.25, -0.2) is 0 Å². The van der Waals surface area contributed by atoms with Crippen LogP contribution in [0.4, 0.5) is 0 Å². The van der Waals surface area contributed by atoms with Crippen LogP contribution in [-0.4, -0.2) is 24.2 Å². The molecule has 0 saturated heterocycles. The highest BCUT2D eigenvalue weighted by molar-refractivity contribution is 5.69. The van der Waals surface area contributed by atoms with Crippen molar-refractivity contribution in [1.29, 1.82) is 0 Å². The van der Waals surface area contributed by atoms with Gasteiger partial charge in [0.25, 0.3) is 0 Å². The highest BCUT2D eigenvalue weighted by Crippen LogP contribution is 2.17. The minimum atomic E-state index is -0.849. The molecular weight excluding hydrogens is 206 g/mol. The lowest BCUT2D eigenvalue weighted by molar-refractivity contribution is -0.136. The standard InChI is InChI=1S/C12H17NO3/c1-3-16-11-6-4-10(5-7-11)9(2)13-8-12(14)15/h4-7,9,13H,3,8H2,1-2H3,(H,14,15). The van der Waals surface area contributed by atoms with Crippen molar-refractivity contribution in [2.24, 2.45) is 0 Å². The first-order valence-electron chi connectivity index (χ1n) is 5.31. The predicted molar refractivity (Wildman–Crippen MR) is 61.7 cm³/mol. The van der Waals surface area contributed by atoms with Gasteiger partial charge in [0.1, 0.15) is 5.75 Å². The first-order chi connectivity index (χ1) is 7.63. The SMILES string of the molecule is CCOc1ccc(C(C)NCC(=O)O)cc1. The van der Waals surface area contributed by atoms with Crippen LogP contribution in [0.15, 0.2) is 24.3 Å². The quantitative estimate of drug-likeness (QED) is 0.772. The number of aliphatic carboxylic acids is 1. The van der Waals surface area contributed by atoms with Crippen LogP contribution in [0.2, 0.25) is 0 Å². The number of benzene rings is 1. The van der Waals surface area contributed by atoms with Crippen molar-refractivity contribution >= 4 is 5.97 Å². The first-order valence-corrected chi connectivity index (χ1v) is 5.31. The van der Waals surface area contributed by atoms with Crippen molar-refractivity contribution < 1.29 is 14.6 Å². The lowest BCUT2D eigenvalue weighted by Gasteiger charge is -2.13. The topological polar surface area (TPSA) is 58.6 Å². The Labute approximate surface area is 95.2 Å². The summed E-state index contributed by atoms with van der Waals surface area (Å²) in [7, 11) is 0. The average molecular weight is 223 g/mol. The van der Waals surface area contributed by atoms with Crippen molar-refractivity contribution in [2.75, 3.05) is 13.2 Å². The average Bonchev–Trinajstić information content (AvgIpc) is 2.27. The lowest BCUT2D eigenvalue weighted by Crippen LogP contribution is -2.25. The van der Waals surface area contributed by atoms with Gasteiger partial charge in [0.2, 0.25) is 0 Å². The summed E-state index contributed by atoms with van der Waals surface area (Å²) < 4.78 is 5.32. The largest absolute Gasteiger partial charge is 0.494 e. The van der Waals surface area contributed by atoms with Gasteiger partial charge in [-0.15, -0.1) is 0 Å². The fraction of sp³-hybridized carbons (Fsp3) is 0.417. The van der Waals surface area contributed by atoms with Gasteiger partial charge in [0, 0.05) is 6.04 Å². The van der Waals surface area contributed by atoms with Crippen molar-refractivity contribution in [2.45, 2.75) is 19.9 Å². The third-order valence-electron chi connectivity index (χ3n) is 2.25. The minimum Gasteiger partial charge on any atom is -0.494 e. The molecule has 0 fully saturated rings. The van der Waals surface area contributed by atoms with Gasteiger partial charge in [-0.3, -0.25) is 4.79 Å². The molecule has 0 bridgehead atoms. The number of ether oxygens (including phenoxy) is 1. The van der Waals surface area contributed by atoms with Gasteiger partial charge in [-0.1, -0.05) is 12.1 Å². The van der Waals surface area contributed by atoms with E-state index >= 15 is 0 Å². The van der Waals surface area contributed by atoms with Crippen LogP contribution in [0.25, 0.3) is 0 Å². The molecule has 16 heavy (non-hydrogen) atoms. The van der Waals surface area contributed by atoms with Gasteiger partial charge < -0.3 is 15.2 Å². The Morgan fingerprint density at radius 2 is 2.06 bits per heavy atom. The maximum Gasteiger partial charge on any atom is 0.317 e. The Hall–Kier alpha value is -1.55. The lowest BCUT2D eigenvalue weighted by atomic mass is 10.1. The molecule has 2 N–H and O–H groups in total. The van der Waals surface area contributed by atoms with Gasteiger partial charge in [-0.2, -0.15) is 0 Å². The van der Waals surface area contributed by atoms with Crippen LogP contribution in [0.3, 0.4) is 0 Å². The summed E-state index contributed by atoms with van der Waals surface area (Å²) in [5.74, 6) is -0.0190. The Balaban J connectivity index is 2.55. The van der Waals surface area contributed by atoms with E-state index in [2.05, 4.69) is 5.32 Å². The molecular formula is C12H17NO3. The van der Waals surface area contributed by atoms with Crippen molar-refractivity contribution in [3.05, 3.63) is 29.8 Å². The third kappa shape index (κ3) is 3.90. The summed E-state index contributed by atoms with van der Waals surface area (Å²) in [5.41, 5.74) is 1.05. The number of rotatable bonds is 6. The smallest absolute Gasteiger partial charge is 0.317 e. The molecule has 4 nitrogen and oxygen atoms in total. The van der Waals surface area contributed by atoms with E-state index in [1.165, 1.54) is 0 Å². The summed E-state index contributed by atoms with van der Waals surface area (Å²) in [6.45, 7) is 4.48. The Morgan fingerprint density at radius 3 is 2.56 bits per heavy atom. The summed E-state index contributed by atoms with van der Waals surface area (Å²) in [6, 6.07) is 7.66. The number of nitrogens with one attached hydrogen (secondary N) is 1. The zero-order valence-corrected chi connectivity index (χ0v) is 9.56. The molecule has 0 saturated carbocycles. The molecule has 4 heteroatoms. The molecule has 0 heterocycles. The molecule has 0 aliphatic rings. The highest BCUT2D eigenvalue weighted by atomic mass is 16.5. The maximum atomic E-state index is 10.4. The van der Waals surface area contributed by atoms with Crippen LogP contribution in [0, 0.1) is 0 Å². The van der Waals surface area contributed by atoms with Gasteiger partial charge in [-0.05, 0) is 31.5 Å². The van der Waals surface area contributed by atoms with E-state index in [1.807, 2.05) is 38.1 Å². The Bertz CT molecular complexity index is 335. The summed E-state index contributed by atoms with van der Waals surface area (Å²) in [6.07, 6.45) is 0. The molecule has 0 amide bonds. The molecule has 0 radical (unpaired) electrons. The van der Waals surface area contributed by atoms with Crippen LogP contribution in [-0.2, 0) is 4.79 Å². The van der Waals surface area contributed by atoms with Crippen LogP contribution >= 0.6 is 0 Å². The van der Waals surface area contributed by atoms with Crippen LogP contribution in [0.5, 0.6) is 5.75 Å². The van der Waals surface area contributed by atoms with E-state index in [4.69, 9.17) is 9.84 Å². The second kappa shape index (κ2) is 6.12. The fourth-order valence-electron chi connectivity index (χ4n) is 1.38. The van der Waals surface area contributed by atoms with E-state index in [0.717, 1.165) is 11.3 Å². The minimum absolute atomic E-state index is 0.0202. The van der Waals surface area contributed by atoms with E-state index in [0.29, 0.717) is 6.61 Å². The second-order valence-electron chi connectivity index (χ2n) is 3.50. The summed E-state index contributed by atoms with van der Waals surface area (Å²) in [5, 5.41) is 11.5. The molecule has 1 rings (SSSR count). The van der Waals surface area contributed by atoms with E-state index in [-0.39, 0.29) is 12.6 Å². The zero-order chi connectivity index (χ0) is 12.0. The molecule has 0 aromatic heterocycles. The normalized spacial score (nSPS) is 12.1. The summed E-state index contributed by atoms with van der Waals surface area (Å²) in [4.78, 5) is 10.4. The maximum absolute atomic E-state index is 10.4. The number of hydrogen-bond acceptors (Lipinski definition) is 3. The number of hydrogen-bond donors (Lipinski definition) is 2. The Morgan fingerprint density at radius 1 is 1.44 bits per heavy atom. The summed E-state index contributed by atoms with van der Waals surface area (Å²) >= 11 is 0. The molecule has 1 aromatic carbocycles. The molecule has 1 unspecified atom stereocenters. The highest BCUT2D eigenvalue weighted by Gasteiger charge is 2.06. The van der Waals surface area contributed by atoms with Gasteiger partial charge >= 0.3 is 5.97 Å². The molecule has 88 valence electrons. The van der Waals surface area contributed by atoms with Crippen molar-refractivity contribution in [3.8, 4) is 5.75 Å². The van der Waals surface area contributed by atoms with Gasteiger partial charge in [0.05, 0.1) is 13.2 Å². The molecule has 1 atom stereocenters. The van der Waals surface area contributed by atoms with Crippen LogP contribution in [0.1, 0.15) is 25.5 Å². The van der Waals surface area contributed by atoms with Crippen molar-refractivity contribution in [3.63, 3.8) is 0 Å². The first kappa shape index (κ1) is 12.5. The van der Waals surface area contributed by atoms with Crippen molar-refractivity contribution in [1.82, 2.24) is 5.32 Å². The fourth-order valence-corrected chi connectivity index (χ4v) is 1.38. The number of carboxylic acids is 1. The van der Waals surface area contributed by atoms with Gasteiger partial charge in [0.15, 0.2) is 0 Å².